The molecule has 0 fully saturated rings. The molecule has 1 aromatic carbocycles. The Hall–Kier alpha value is -0.700. The fourth-order valence-corrected chi connectivity index (χ4v) is 2.01. The van der Waals surface area contributed by atoms with Crippen LogP contribution in [0.25, 0.3) is 0 Å². The van der Waals surface area contributed by atoms with Crippen LogP contribution in [0.1, 0.15) is 12.5 Å². The first-order chi connectivity index (χ1) is 7.58. The second-order valence-electron chi connectivity index (χ2n) is 3.59. The van der Waals surface area contributed by atoms with Gasteiger partial charge in [0, 0.05) is 13.1 Å². The highest BCUT2D eigenvalue weighted by molar-refractivity contribution is 6.38. The summed E-state index contributed by atoms with van der Waals surface area (Å²) in [4.78, 5) is 2.23. The standard InChI is InChI=1S/C12H16Cl2N2/c1-3-5-16(4-2)8-9-6-10(13)12(15)11(14)7-9/h3,6-7H,1,4-5,8,15H2,2H3. The lowest BCUT2D eigenvalue weighted by molar-refractivity contribution is 0.311. The highest BCUT2D eigenvalue weighted by Gasteiger charge is 2.07. The molecule has 0 aromatic heterocycles. The third-order valence-electron chi connectivity index (χ3n) is 2.38. The maximum absolute atomic E-state index is 5.97. The molecule has 0 heterocycles. The summed E-state index contributed by atoms with van der Waals surface area (Å²) in [6.45, 7) is 8.41. The molecule has 0 atom stereocenters. The molecule has 0 amide bonds. The number of halogens is 2. The Labute approximate surface area is 107 Å². The molecule has 4 heteroatoms. The first-order valence-electron chi connectivity index (χ1n) is 5.15. The van der Waals surface area contributed by atoms with Gasteiger partial charge >= 0.3 is 0 Å². The van der Waals surface area contributed by atoms with E-state index >= 15 is 0 Å². The Balaban J connectivity index is 2.84. The average Bonchev–Trinajstić information content (AvgIpc) is 2.25. The predicted molar refractivity (Wildman–Crippen MR) is 72.0 cm³/mol. The van der Waals surface area contributed by atoms with Gasteiger partial charge in [-0.3, -0.25) is 4.90 Å². The maximum Gasteiger partial charge on any atom is 0.0693 e. The molecule has 0 saturated carbocycles. The van der Waals surface area contributed by atoms with E-state index in [2.05, 4.69) is 18.4 Å². The van der Waals surface area contributed by atoms with Gasteiger partial charge in [0.1, 0.15) is 0 Å². The molecule has 0 aliphatic carbocycles. The van der Waals surface area contributed by atoms with E-state index in [1.54, 1.807) is 0 Å². The minimum absolute atomic E-state index is 0.443. The van der Waals surface area contributed by atoms with Crippen LogP contribution in [0.4, 0.5) is 5.69 Å². The molecule has 0 bridgehead atoms. The van der Waals surface area contributed by atoms with Crippen molar-refractivity contribution in [3.63, 3.8) is 0 Å². The van der Waals surface area contributed by atoms with Crippen molar-refractivity contribution < 1.29 is 0 Å². The molecular weight excluding hydrogens is 243 g/mol. The topological polar surface area (TPSA) is 29.3 Å². The van der Waals surface area contributed by atoms with Crippen LogP contribution in [0.5, 0.6) is 0 Å². The minimum atomic E-state index is 0.443. The van der Waals surface area contributed by atoms with Crippen molar-refractivity contribution in [3.8, 4) is 0 Å². The summed E-state index contributed by atoms with van der Waals surface area (Å²) in [6, 6.07) is 3.71. The van der Waals surface area contributed by atoms with Crippen LogP contribution in [-0.2, 0) is 6.54 Å². The van der Waals surface area contributed by atoms with Gasteiger partial charge in [-0.25, -0.2) is 0 Å². The molecular formula is C12H16Cl2N2. The van der Waals surface area contributed by atoms with E-state index in [-0.39, 0.29) is 0 Å². The van der Waals surface area contributed by atoms with Crippen molar-refractivity contribution in [1.82, 2.24) is 4.90 Å². The van der Waals surface area contributed by atoms with Crippen LogP contribution in [0.2, 0.25) is 10.0 Å². The number of anilines is 1. The third kappa shape index (κ3) is 3.41. The quantitative estimate of drug-likeness (QED) is 0.646. The van der Waals surface area contributed by atoms with Crippen LogP contribution in [-0.4, -0.2) is 18.0 Å². The van der Waals surface area contributed by atoms with Gasteiger partial charge in [0.15, 0.2) is 0 Å². The number of nitrogens with two attached hydrogens (primary N) is 1. The van der Waals surface area contributed by atoms with E-state index in [4.69, 9.17) is 28.9 Å². The molecule has 2 N–H and O–H groups in total. The summed E-state index contributed by atoms with van der Waals surface area (Å²) in [6.07, 6.45) is 1.88. The van der Waals surface area contributed by atoms with Gasteiger partial charge in [-0.1, -0.05) is 36.2 Å². The van der Waals surface area contributed by atoms with E-state index in [0.717, 1.165) is 25.2 Å². The second-order valence-corrected chi connectivity index (χ2v) is 4.40. The minimum Gasteiger partial charge on any atom is -0.396 e. The zero-order valence-electron chi connectivity index (χ0n) is 9.34. The van der Waals surface area contributed by atoms with E-state index in [1.807, 2.05) is 18.2 Å². The lowest BCUT2D eigenvalue weighted by atomic mass is 10.2. The lowest BCUT2D eigenvalue weighted by Gasteiger charge is -2.19. The molecule has 1 rings (SSSR count). The van der Waals surface area contributed by atoms with Crippen molar-refractivity contribution in [2.75, 3.05) is 18.8 Å². The van der Waals surface area contributed by atoms with Crippen LogP contribution in [0.3, 0.4) is 0 Å². The Morgan fingerprint density at radius 1 is 1.38 bits per heavy atom. The summed E-state index contributed by atoms with van der Waals surface area (Å²) in [5.74, 6) is 0. The van der Waals surface area contributed by atoms with Crippen LogP contribution >= 0.6 is 23.2 Å². The Bertz CT molecular complexity index is 354. The smallest absolute Gasteiger partial charge is 0.0693 e. The first-order valence-corrected chi connectivity index (χ1v) is 5.90. The fraction of sp³-hybridized carbons (Fsp3) is 0.333. The van der Waals surface area contributed by atoms with Crippen molar-refractivity contribution in [1.29, 1.82) is 0 Å². The summed E-state index contributed by atoms with van der Waals surface area (Å²) >= 11 is 11.9. The van der Waals surface area contributed by atoms with Crippen molar-refractivity contribution >= 4 is 28.9 Å². The van der Waals surface area contributed by atoms with Gasteiger partial charge < -0.3 is 5.73 Å². The van der Waals surface area contributed by atoms with Crippen molar-refractivity contribution in [2.45, 2.75) is 13.5 Å². The lowest BCUT2D eigenvalue weighted by Crippen LogP contribution is -2.22. The molecule has 0 spiro atoms. The molecule has 0 aliphatic rings. The number of likely N-dealkylation sites (N-methyl/N-ethyl adjacent to an activating group) is 1. The van der Waals surface area contributed by atoms with Crippen LogP contribution in [0, 0.1) is 0 Å². The molecule has 2 nitrogen and oxygen atoms in total. The summed E-state index contributed by atoms with van der Waals surface area (Å²) < 4.78 is 0. The summed E-state index contributed by atoms with van der Waals surface area (Å²) in [5.41, 5.74) is 7.19. The van der Waals surface area contributed by atoms with Gasteiger partial charge in [0.2, 0.25) is 0 Å². The van der Waals surface area contributed by atoms with Crippen molar-refractivity contribution in [2.24, 2.45) is 0 Å². The van der Waals surface area contributed by atoms with Gasteiger partial charge in [-0.15, -0.1) is 6.58 Å². The normalized spacial score (nSPS) is 10.8. The first kappa shape index (κ1) is 13.4. The van der Waals surface area contributed by atoms with Gasteiger partial charge in [-0.05, 0) is 24.2 Å². The summed E-state index contributed by atoms with van der Waals surface area (Å²) in [5, 5.41) is 1.02. The van der Waals surface area contributed by atoms with Gasteiger partial charge in [0.25, 0.3) is 0 Å². The Kier molecular flexibility index (Phi) is 5.13. The molecule has 0 aliphatic heterocycles. The van der Waals surface area contributed by atoms with Crippen LogP contribution in [0.15, 0.2) is 24.8 Å². The Morgan fingerprint density at radius 2 is 1.94 bits per heavy atom. The SMILES string of the molecule is C=CCN(CC)Cc1cc(Cl)c(N)c(Cl)c1. The fourth-order valence-electron chi connectivity index (χ4n) is 1.47. The molecule has 0 saturated heterocycles. The zero-order valence-corrected chi connectivity index (χ0v) is 10.9. The molecule has 1 aromatic rings. The molecule has 16 heavy (non-hydrogen) atoms. The Morgan fingerprint density at radius 3 is 2.38 bits per heavy atom. The number of hydrogen-bond donors (Lipinski definition) is 1. The second kappa shape index (κ2) is 6.14. The van der Waals surface area contributed by atoms with E-state index < -0.39 is 0 Å². The summed E-state index contributed by atoms with van der Waals surface area (Å²) in [7, 11) is 0. The predicted octanol–water partition coefficient (Wildman–Crippen LogP) is 3.58. The number of nitrogens with zero attached hydrogens (tertiary/aromatic N) is 1. The highest BCUT2D eigenvalue weighted by Crippen LogP contribution is 2.29. The number of benzene rings is 1. The third-order valence-corrected chi connectivity index (χ3v) is 3.00. The largest absolute Gasteiger partial charge is 0.396 e. The van der Waals surface area contributed by atoms with Crippen LogP contribution < -0.4 is 5.73 Å². The monoisotopic (exact) mass is 258 g/mol. The van der Waals surface area contributed by atoms with Gasteiger partial charge in [0.05, 0.1) is 15.7 Å². The van der Waals surface area contributed by atoms with E-state index in [0.29, 0.717) is 15.7 Å². The van der Waals surface area contributed by atoms with E-state index in [1.165, 1.54) is 0 Å². The maximum atomic E-state index is 5.97. The number of rotatable bonds is 5. The zero-order chi connectivity index (χ0) is 12.1. The molecule has 0 unspecified atom stereocenters. The average molecular weight is 259 g/mol. The van der Waals surface area contributed by atoms with E-state index in [9.17, 15) is 0 Å². The number of nitrogen functional groups attached to an aromatic ring is 1. The highest BCUT2D eigenvalue weighted by atomic mass is 35.5. The molecule has 0 radical (unpaired) electrons. The van der Waals surface area contributed by atoms with Gasteiger partial charge in [-0.2, -0.15) is 0 Å². The number of hydrogen-bond acceptors (Lipinski definition) is 2. The molecule has 88 valence electrons. The van der Waals surface area contributed by atoms with Crippen molar-refractivity contribution in [3.05, 3.63) is 40.4 Å².